The molecule has 0 bridgehead atoms. The Morgan fingerprint density at radius 1 is 0.865 bits per heavy atom. The molecule has 1 N–H and O–H groups in total. The molecule has 0 spiro atoms. The van der Waals surface area contributed by atoms with E-state index in [4.69, 9.17) is 14.2 Å². The van der Waals surface area contributed by atoms with Crippen LogP contribution in [-0.4, -0.2) is 74.5 Å². The second kappa shape index (κ2) is 10.9. The molecule has 0 saturated carbocycles. The zero-order valence-corrected chi connectivity index (χ0v) is 21.1. The van der Waals surface area contributed by atoms with Crippen molar-refractivity contribution >= 4 is 21.9 Å². The molecular formula is C26H26N2O8S. The van der Waals surface area contributed by atoms with Crippen molar-refractivity contribution in [1.82, 2.24) is 9.21 Å². The van der Waals surface area contributed by atoms with Gasteiger partial charge in [0.2, 0.25) is 10.0 Å². The van der Waals surface area contributed by atoms with E-state index in [9.17, 15) is 23.1 Å². The molecule has 194 valence electrons. The van der Waals surface area contributed by atoms with Crippen molar-refractivity contribution in [2.24, 2.45) is 0 Å². The second-order valence-corrected chi connectivity index (χ2v) is 10.1. The van der Waals surface area contributed by atoms with Gasteiger partial charge in [-0.2, -0.15) is 4.31 Å². The number of nitrogens with zero attached hydrogens (tertiary/aromatic N) is 2. The van der Waals surface area contributed by atoms with Gasteiger partial charge in [0.25, 0.3) is 5.91 Å². The van der Waals surface area contributed by atoms with Gasteiger partial charge in [-0.25, -0.2) is 8.42 Å². The third kappa shape index (κ3) is 5.52. The van der Waals surface area contributed by atoms with Crippen molar-refractivity contribution in [1.29, 1.82) is 0 Å². The number of benzene rings is 3. The molecule has 3 aromatic rings. The summed E-state index contributed by atoms with van der Waals surface area (Å²) < 4.78 is 43.7. The first-order chi connectivity index (χ1) is 17.7. The van der Waals surface area contributed by atoms with Gasteiger partial charge in [0, 0.05) is 31.3 Å². The van der Waals surface area contributed by atoms with Gasteiger partial charge in [-0.1, -0.05) is 18.2 Å². The number of sulfonamides is 1. The normalized spacial score (nSPS) is 16.2. The SMILES string of the molecule is COc1ccc(S(=O)(=O)N2CCN(C(=O)c3ccc(Oc4ccccc4)cc3)CC2C(=O)O)cc1OC. The van der Waals surface area contributed by atoms with E-state index < -0.39 is 27.9 Å². The number of amides is 1. The number of methoxy groups -OCH3 is 2. The summed E-state index contributed by atoms with van der Waals surface area (Å²) in [7, 11) is -1.40. The topological polar surface area (TPSA) is 123 Å². The molecule has 0 radical (unpaired) electrons. The quantitative estimate of drug-likeness (QED) is 0.475. The van der Waals surface area contributed by atoms with E-state index in [1.165, 1.54) is 37.3 Å². The fourth-order valence-corrected chi connectivity index (χ4v) is 5.61. The Bertz CT molecular complexity index is 1380. The first-order valence-corrected chi connectivity index (χ1v) is 12.8. The van der Waals surface area contributed by atoms with Crippen LogP contribution in [0.3, 0.4) is 0 Å². The van der Waals surface area contributed by atoms with Crippen LogP contribution in [0.15, 0.2) is 77.7 Å². The number of carboxylic acids is 1. The van der Waals surface area contributed by atoms with Gasteiger partial charge in [0.1, 0.15) is 17.5 Å². The standard InChI is InChI=1S/C26H26N2O8S/c1-34-23-13-12-21(16-24(23)35-2)37(32,33)28-15-14-27(17-22(28)26(30)31)25(29)18-8-10-20(11-9-18)36-19-6-4-3-5-7-19/h3-13,16,22H,14-15,17H2,1-2H3,(H,30,31). The van der Waals surface area contributed by atoms with Crippen molar-refractivity contribution in [3.63, 3.8) is 0 Å². The van der Waals surface area contributed by atoms with Gasteiger partial charge >= 0.3 is 5.97 Å². The van der Waals surface area contributed by atoms with Crippen molar-refractivity contribution in [3.05, 3.63) is 78.4 Å². The van der Waals surface area contributed by atoms with Crippen molar-refractivity contribution < 1.29 is 37.3 Å². The lowest BCUT2D eigenvalue weighted by atomic mass is 10.1. The van der Waals surface area contributed by atoms with Crippen LogP contribution in [0.1, 0.15) is 10.4 Å². The Labute approximate surface area is 214 Å². The van der Waals surface area contributed by atoms with Crippen molar-refractivity contribution in [3.8, 4) is 23.0 Å². The molecule has 1 amide bonds. The van der Waals surface area contributed by atoms with Crippen LogP contribution in [0.25, 0.3) is 0 Å². The van der Waals surface area contributed by atoms with Gasteiger partial charge in [-0.3, -0.25) is 9.59 Å². The summed E-state index contributed by atoms with van der Waals surface area (Å²) in [6, 6.07) is 18.2. The minimum absolute atomic E-state index is 0.0252. The number of carbonyl (C=O) groups excluding carboxylic acids is 1. The highest BCUT2D eigenvalue weighted by Gasteiger charge is 2.41. The number of para-hydroxylation sites is 1. The number of rotatable bonds is 8. The molecule has 1 aliphatic heterocycles. The van der Waals surface area contributed by atoms with E-state index in [2.05, 4.69) is 0 Å². The van der Waals surface area contributed by atoms with E-state index >= 15 is 0 Å². The highest BCUT2D eigenvalue weighted by atomic mass is 32.2. The third-order valence-corrected chi connectivity index (χ3v) is 7.85. The summed E-state index contributed by atoms with van der Waals surface area (Å²) in [6.07, 6.45) is 0. The molecule has 1 heterocycles. The fourth-order valence-electron chi connectivity index (χ4n) is 4.02. The second-order valence-electron chi connectivity index (χ2n) is 8.18. The van der Waals surface area contributed by atoms with Crippen LogP contribution < -0.4 is 14.2 Å². The van der Waals surface area contributed by atoms with E-state index in [-0.39, 0.29) is 30.3 Å². The molecule has 1 saturated heterocycles. The predicted octanol–water partition coefficient (Wildman–Crippen LogP) is 3.10. The highest BCUT2D eigenvalue weighted by molar-refractivity contribution is 7.89. The van der Waals surface area contributed by atoms with E-state index in [1.807, 2.05) is 18.2 Å². The highest BCUT2D eigenvalue weighted by Crippen LogP contribution is 2.32. The number of piperazine rings is 1. The molecule has 4 rings (SSSR count). The van der Waals surface area contributed by atoms with Crippen molar-refractivity contribution in [2.45, 2.75) is 10.9 Å². The zero-order valence-electron chi connectivity index (χ0n) is 20.2. The van der Waals surface area contributed by atoms with Crippen LogP contribution in [0.4, 0.5) is 0 Å². The molecule has 37 heavy (non-hydrogen) atoms. The van der Waals surface area contributed by atoms with E-state index in [0.717, 1.165) is 4.31 Å². The molecule has 11 heteroatoms. The van der Waals surface area contributed by atoms with Crippen LogP contribution in [0, 0.1) is 0 Å². The lowest BCUT2D eigenvalue weighted by Gasteiger charge is -2.38. The predicted molar refractivity (Wildman–Crippen MR) is 134 cm³/mol. The Morgan fingerprint density at radius 2 is 1.51 bits per heavy atom. The number of hydrogen-bond donors (Lipinski definition) is 1. The van der Waals surface area contributed by atoms with E-state index in [1.54, 1.807) is 36.4 Å². The molecule has 0 aliphatic carbocycles. The maximum absolute atomic E-state index is 13.4. The van der Waals surface area contributed by atoms with Gasteiger partial charge in [0.05, 0.1) is 19.1 Å². The molecule has 1 fully saturated rings. The summed E-state index contributed by atoms with van der Waals surface area (Å²) in [6.45, 7) is -0.463. The van der Waals surface area contributed by atoms with Gasteiger partial charge in [0.15, 0.2) is 11.5 Å². The number of ether oxygens (including phenoxy) is 3. The Hall–Kier alpha value is -4.09. The van der Waals surface area contributed by atoms with Crippen LogP contribution >= 0.6 is 0 Å². The number of carboxylic acid groups (broad SMARTS) is 1. The summed E-state index contributed by atoms with van der Waals surface area (Å²) >= 11 is 0. The Morgan fingerprint density at radius 3 is 2.14 bits per heavy atom. The van der Waals surface area contributed by atoms with Crippen LogP contribution in [0.5, 0.6) is 23.0 Å². The third-order valence-electron chi connectivity index (χ3n) is 5.95. The average Bonchev–Trinajstić information content (AvgIpc) is 2.92. The van der Waals surface area contributed by atoms with Gasteiger partial charge in [-0.05, 0) is 48.5 Å². The number of aliphatic carboxylic acids is 1. The maximum atomic E-state index is 13.4. The summed E-state index contributed by atoms with van der Waals surface area (Å²) in [5.74, 6) is -0.0284. The first kappa shape index (κ1) is 26.0. The largest absolute Gasteiger partial charge is 0.493 e. The molecule has 1 aliphatic rings. The molecule has 1 atom stereocenters. The molecular weight excluding hydrogens is 500 g/mol. The number of hydrogen-bond acceptors (Lipinski definition) is 7. The fraction of sp³-hybridized carbons (Fsp3) is 0.231. The monoisotopic (exact) mass is 526 g/mol. The smallest absolute Gasteiger partial charge is 0.323 e. The summed E-state index contributed by atoms with van der Waals surface area (Å²) in [5.41, 5.74) is 0.334. The number of carbonyl (C=O) groups is 2. The van der Waals surface area contributed by atoms with Gasteiger partial charge in [-0.15, -0.1) is 0 Å². The molecule has 10 nitrogen and oxygen atoms in total. The van der Waals surface area contributed by atoms with E-state index in [0.29, 0.717) is 22.8 Å². The summed E-state index contributed by atoms with van der Waals surface area (Å²) in [4.78, 5) is 26.4. The minimum Gasteiger partial charge on any atom is -0.493 e. The maximum Gasteiger partial charge on any atom is 0.323 e. The molecule has 0 aromatic heterocycles. The average molecular weight is 527 g/mol. The van der Waals surface area contributed by atoms with Crippen LogP contribution in [0.2, 0.25) is 0 Å². The summed E-state index contributed by atoms with van der Waals surface area (Å²) in [5, 5.41) is 9.84. The van der Waals surface area contributed by atoms with Gasteiger partial charge < -0.3 is 24.2 Å². The minimum atomic E-state index is -4.20. The first-order valence-electron chi connectivity index (χ1n) is 11.3. The van der Waals surface area contributed by atoms with Crippen LogP contribution in [-0.2, 0) is 14.8 Å². The Balaban J connectivity index is 1.50. The zero-order chi connectivity index (χ0) is 26.6. The lowest BCUT2D eigenvalue weighted by molar-refractivity contribution is -0.142. The lowest BCUT2D eigenvalue weighted by Crippen LogP contribution is -2.59. The van der Waals surface area contributed by atoms with Crippen molar-refractivity contribution in [2.75, 3.05) is 33.9 Å². The molecule has 1 unspecified atom stereocenters. The Kier molecular flexibility index (Phi) is 7.65. The molecule has 3 aromatic carbocycles.